The molecule has 1 atom stereocenters. The van der Waals surface area contributed by atoms with Gasteiger partial charge in [-0.25, -0.2) is 4.99 Å². The summed E-state index contributed by atoms with van der Waals surface area (Å²) in [5.41, 5.74) is 8.62. The second-order valence-electron chi connectivity index (χ2n) is 7.77. The van der Waals surface area contributed by atoms with E-state index in [1.54, 1.807) is 6.07 Å². The number of fused-ring (bicyclic) bond motifs is 2. The highest BCUT2D eigenvalue weighted by molar-refractivity contribution is 6.27. The summed E-state index contributed by atoms with van der Waals surface area (Å²) >= 11 is 0. The fourth-order valence-corrected chi connectivity index (χ4v) is 4.16. The van der Waals surface area contributed by atoms with Crippen molar-refractivity contribution >= 4 is 22.4 Å². The van der Waals surface area contributed by atoms with Gasteiger partial charge in [-0.3, -0.25) is 5.41 Å². The van der Waals surface area contributed by atoms with Crippen molar-refractivity contribution < 1.29 is 13.2 Å². The smallest absolute Gasteiger partial charge is 0.383 e. The van der Waals surface area contributed by atoms with Gasteiger partial charge in [-0.1, -0.05) is 50.6 Å². The first-order chi connectivity index (χ1) is 14.2. The number of hydrogen-bond donors (Lipinski definition) is 2. The Bertz CT molecular complexity index is 1190. The molecule has 0 aliphatic carbocycles. The van der Waals surface area contributed by atoms with Crippen LogP contribution in [0.4, 0.5) is 13.2 Å². The summed E-state index contributed by atoms with van der Waals surface area (Å²) in [6, 6.07) is 13.2. The standard InChI is InChI=1S/C24H22F3N3/c1-3-5-13(2)14-8-9-15-12-19-21(23(29)30-22(19)28)20(18(15)11-14)16-6-4-7-17(10-16)24(25,26)27/h4,6-13H,3,5H2,1-2H3,(H3,28,29,30). The number of alkyl halides is 3. The van der Waals surface area contributed by atoms with Gasteiger partial charge in [-0.05, 0) is 52.4 Å². The number of nitrogens with one attached hydrogen (secondary N) is 1. The molecule has 3 nitrogen and oxygen atoms in total. The van der Waals surface area contributed by atoms with Crippen LogP contribution in [0.5, 0.6) is 0 Å². The maximum Gasteiger partial charge on any atom is 0.416 e. The lowest BCUT2D eigenvalue weighted by Gasteiger charge is -2.18. The van der Waals surface area contributed by atoms with Gasteiger partial charge in [0.25, 0.3) is 0 Å². The van der Waals surface area contributed by atoms with E-state index in [1.807, 2.05) is 24.3 Å². The summed E-state index contributed by atoms with van der Waals surface area (Å²) in [6.07, 6.45) is -2.39. The van der Waals surface area contributed by atoms with Crippen LogP contribution in [0.2, 0.25) is 0 Å². The molecule has 0 aromatic heterocycles. The van der Waals surface area contributed by atoms with Crippen molar-refractivity contribution in [2.45, 2.75) is 38.8 Å². The lowest BCUT2D eigenvalue weighted by Crippen LogP contribution is -2.13. The molecule has 1 aliphatic heterocycles. The Kier molecular flexibility index (Phi) is 4.88. The van der Waals surface area contributed by atoms with Crippen LogP contribution in [0.1, 0.15) is 54.9 Å². The van der Waals surface area contributed by atoms with Crippen LogP contribution in [0.3, 0.4) is 0 Å². The van der Waals surface area contributed by atoms with Gasteiger partial charge in [-0.15, -0.1) is 0 Å². The fraction of sp³-hybridized carbons (Fsp3) is 0.250. The van der Waals surface area contributed by atoms with Crippen molar-refractivity contribution in [1.29, 1.82) is 5.41 Å². The van der Waals surface area contributed by atoms with Crippen LogP contribution >= 0.6 is 0 Å². The summed E-state index contributed by atoms with van der Waals surface area (Å²) in [5, 5.41) is 9.83. The first kappa shape index (κ1) is 20.1. The average Bonchev–Trinajstić information content (AvgIpc) is 2.99. The molecule has 0 amide bonds. The predicted molar refractivity (Wildman–Crippen MR) is 115 cm³/mol. The summed E-state index contributed by atoms with van der Waals surface area (Å²) in [6.45, 7) is 4.27. The summed E-state index contributed by atoms with van der Waals surface area (Å²) in [7, 11) is 0. The van der Waals surface area contributed by atoms with E-state index in [2.05, 4.69) is 18.8 Å². The van der Waals surface area contributed by atoms with E-state index in [-0.39, 0.29) is 11.7 Å². The molecule has 4 rings (SSSR count). The van der Waals surface area contributed by atoms with Crippen LogP contribution in [0.15, 0.2) is 53.5 Å². The third kappa shape index (κ3) is 3.36. The number of hydrogen-bond acceptors (Lipinski definition) is 2. The van der Waals surface area contributed by atoms with E-state index in [0.29, 0.717) is 28.2 Å². The van der Waals surface area contributed by atoms with Gasteiger partial charge in [0, 0.05) is 16.7 Å². The predicted octanol–water partition coefficient (Wildman–Crippen LogP) is 6.47. The van der Waals surface area contributed by atoms with E-state index in [1.165, 1.54) is 6.07 Å². The van der Waals surface area contributed by atoms with Crippen molar-refractivity contribution in [3.8, 4) is 11.1 Å². The Morgan fingerprint density at radius 3 is 2.53 bits per heavy atom. The maximum absolute atomic E-state index is 13.4. The summed E-state index contributed by atoms with van der Waals surface area (Å²) in [5.74, 6) is 0.517. The molecule has 154 valence electrons. The molecule has 0 saturated carbocycles. The lowest BCUT2D eigenvalue weighted by molar-refractivity contribution is -0.137. The van der Waals surface area contributed by atoms with Gasteiger partial charge in [0.1, 0.15) is 5.84 Å². The first-order valence-electron chi connectivity index (χ1n) is 9.92. The molecular formula is C24H22F3N3. The van der Waals surface area contributed by atoms with Crippen LogP contribution in [0, 0.1) is 5.41 Å². The van der Waals surface area contributed by atoms with Crippen LogP contribution < -0.4 is 5.73 Å². The van der Waals surface area contributed by atoms with Gasteiger partial charge in [0.2, 0.25) is 0 Å². The van der Waals surface area contributed by atoms with Crippen molar-refractivity contribution in [3.05, 3.63) is 70.8 Å². The fourth-order valence-electron chi connectivity index (χ4n) is 4.16. The van der Waals surface area contributed by atoms with Crippen molar-refractivity contribution in [1.82, 2.24) is 0 Å². The van der Waals surface area contributed by atoms with E-state index < -0.39 is 11.7 Å². The highest BCUT2D eigenvalue weighted by Gasteiger charge is 2.32. The number of nitrogens with zero attached hydrogens (tertiary/aromatic N) is 1. The quantitative estimate of drug-likeness (QED) is 0.509. The second kappa shape index (κ2) is 7.27. The SMILES string of the molecule is CCCC(C)c1ccc2cc3c(c(-c4cccc(C(F)(F)F)c4)c2c1)C(N)=NC3=N. The largest absolute Gasteiger partial charge is 0.416 e. The molecule has 1 heterocycles. The molecule has 1 aliphatic rings. The Balaban J connectivity index is 2.05. The third-order valence-electron chi connectivity index (χ3n) is 5.68. The molecule has 3 aromatic carbocycles. The number of aliphatic imine (C=N–C) groups is 1. The molecular weight excluding hydrogens is 387 g/mol. The van der Waals surface area contributed by atoms with Crippen LogP contribution in [-0.4, -0.2) is 11.7 Å². The zero-order valence-electron chi connectivity index (χ0n) is 16.8. The molecule has 0 spiro atoms. The molecule has 3 N–H and O–H groups in total. The minimum absolute atomic E-state index is 0.0288. The molecule has 0 saturated heterocycles. The Morgan fingerprint density at radius 2 is 1.83 bits per heavy atom. The zero-order valence-corrected chi connectivity index (χ0v) is 16.8. The Morgan fingerprint density at radius 1 is 1.07 bits per heavy atom. The maximum atomic E-state index is 13.4. The molecule has 0 radical (unpaired) electrons. The topological polar surface area (TPSA) is 62.2 Å². The minimum atomic E-state index is -4.45. The van der Waals surface area contributed by atoms with Gasteiger partial charge in [-0.2, -0.15) is 13.2 Å². The van der Waals surface area contributed by atoms with E-state index >= 15 is 0 Å². The molecule has 6 heteroatoms. The number of nitrogens with two attached hydrogens (primary N) is 1. The normalized spacial score (nSPS) is 14.7. The highest BCUT2D eigenvalue weighted by atomic mass is 19.4. The van der Waals surface area contributed by atoms with Crippen molar-refractivity contribution in [3.63, 3.8) is 0 Å². The third-order valence-corrected chi connectivity index (χ3v) is 5.68. The van der Waals surface area contributed by atoms with E-state index in [9.17, 15) is 13.2 Å². The lowest BCUT2D eigenvalue weighted by atomic mass is 9.86. The average molecular weight is 409 g/mol. The highest BCUT2D eigenvalue weighted by Crippen LogP contribution is 2.40. The summed E-state index contributed by atoms with van der Waals surface area (Å²) < 4.78 is 40.1. The second-order valence-corrected chi connectivity index (χ2v) is 7.77. The van der Waals surface area contributed by atoms with Gasteiger partial charge in [0.15, 0.2) is 5.84 Å². The number of rotatable bonds is 4. The zero-order chi connectivity index (χ0) is 21.6. The molecule has 0 fully saturated rings. The van der Waals surface area contributed by atoms with Crippen molar-refractivity contribution in [2.75, 3.05) is 0 Å². The monoisotopic (exact) mass is 409 g/mol. The first-order valence-corrected chi connectivity index (χ1v) is 9.92. The summed E-state index contributed by atoms with van der Waals surface area (Å²) in [4.78, 5) is 4.08. The van der Waals surface area contributed by atoms with Gasteiger partial charge in [0.05, 0.1) is 5.56 Å². The molecule has 3 aromatic rings. The van der Waals surface area contributed by atoms with Crippen molar-refractivity contribution in [2.24, 2.45) is 10.7 Å². The number of halogens is 3. The Hall–Kier alpha value is -3.15. The Labute approximate surface area is 173 Å². The minimum Gasteiger partial charge on any atom is -0.383 e. The van der Waals surface area contributed by atoms with Crippen LogP contribution in [0.25, 0.3) is 21.9 Å². The number of amidine groups is 2. The van der Waals surface area contributed by atoms with Crippen LogP contribution in [-0.2, 0) is 6.18 Å². The van der Waals surface area contributed by atoms with Gasteiger partial charge >= 0.3 is 6.18 Å². The molecule has 0 bridgehead atoms. The van der Waals surface area contributed by atoms with E-state index in [0.717, 1.165) is 41.3 Å². The molecule has 30 heavy (non-hydrogen) atoms. The van der Waals surface area contributed by atoms with E-state index in [4.69, 9.17) is 11.1 Å². The van der Waals surface area contributed by atoms with Gasteiger partial charge < -0.3 is 5.73 Å². The number of benzene rings is 3. The molecule has 1 unspecified atom stereocenters.